The number of tetrazole rings is 1. The summed E-state index contributed by atoms with van der Waals surface area (Å²) in [6, 6.07) is 7.16. The van der Waals surface area contributed by atoms with E-state index in [4.69, 9.17) is 4.74 Å². The number of quaternary nitrogens is 1. The quantitative estimate of drug-likeness (QED) is 0.905. The molecule has 7 heteroatoms. The van der Waals surface area contributed by atoms with Crippen LogP contribution in [0.1, 0.15) is 49.2 Å². The predicted molar refractivity (Wildman–Crippen MR) is 85.1 cm³/mol. The van der Waals surface area contributed by atoms with Crippen LogP contribution in [0, 0.1) is 5.82 Å². The molecule has 0 spiro atoms. The summed E-state index contributed by atoms with van der Waals surface area (Å²) in [5.41, 5.74) is 1.06. The Kier molecular flexibility index (Phi) is 4.53. The van der Waals surface area contributed by atoms with Crippen LogP contribution in [-0.4, -0.2) is 46.5 Å². The van der Waals surface area contributed by atoms with Gasteiger partial charge in [-0.1, -0.05) is 12.8 Å². The molecule has 1 aromatic heterocycles. The molecule has 2 fully saturated rings. The third-order valence-corrected chi connectivity index (χ3v) is 5.19. The second-order valence-electron chi connectivity index (χ2n) is 6.68. The predicted octanol–water partition coefficient (Wildman–Crippen LogP) is 0.932. The Labute approximate surface area is 140 Å². The van der Waals surface area contributed by atoms with Crippen LogP contribution >= 0.6 is 0 Å². The van der Waals surface area contributed by atoms with Crippen molar-refractivity contribution >= 4 is 0 Å². The van der Waals surface area contributed by atoms with Crippen molar-refractivity contribution in [2.45, 2.75) is 37.8 Å². The van der Waals surface area contributed by atoms with Gasteiger partial charge < -0.3 is 9.64 Å². The third-order valence-electron chi connectivity index (χ3n) is 5.19. The molecular formula is C17H23FN5O+. The number of halogens is 1. The van der Waals surface area contributed by atoms with Crippen molar-refractivity contribution in [3.05, 3.63) is 41.5 Å². The Bertz CT molecular complexity index is 662. The van der Waals surface area contributed by atoms with Crippen molar-refractivity contribution in [1.29, 1.82) is 0 Å². The van der Waals surface area contributed by atoms with Crippen LogP contribution in [-0.2, 0) is 4.74 Å². The number of ether oxygens (including phenoxy) is 1. The molecule has 0 amide bonds. The Morgan fingerprint density at radius 3 is 2.54 bits per heavy atom. The molecular weight excluding hydrogens is 309 g/mol. The van der Waals surface area contributed by atoms with Crippen LogP contribution in [0.2, 0.25) is 0 Å². The monoisotopic (exact) mass is 332 g/mol. The minimum absolute atomic E-state index is 0.0186. The fourth-order valence-corrected chi connectivity index (χ4v) is 3.94. The Morgan fingerprint density at radius 1 is 1.12 bits per heavy atom. The van der Waals surface area contributed by atoms with Gasteiger partial charge in [-0.05, 0) is 47.5 Å². The summed E-state index contributed by atoms with van der Waals surface area (Å²) < 4.78 is 20.9. The summed E-state index contributed by atoms with van der Waals surface area (Å²) in [5, 5.41) is 12.6. The molecule has 2 aliphatic rings. The van der Waals surface area contributed by atoms with E-state index < -0.39 is 0 Å². The minimum Gasteiger partial charge on any atom is -0.370 e. The third kappa shape index (κ3) is 3.06. The van der Waals surface area contributed by atoms with Crippen LogP contribution in [0.15, 0.2) is 24.3 Å². The largest absolute Gasteiger partial charge is 0.370 e. The molecule has 2 aromatic rings. The molecule has 2 heterocycles. The standard InChI is InChI=1S/C17H22FN5O/c18-14-7-5-13(6-8-14)16(22-9-11-24-12-10-22)17-19-20-21-23(17)15-3-1-2-4-15/h5-8,15-16H,1-4,9-12H2/p+1/t16-/m1/s1. The molecule has 1 aliphatic carbocycles. The summed E-state index contributed by atoms with van der Waals surface area (Å²) in [7, 11) is 0. The van der Waals surface area contributed by atoms with E-state index in [1.54, 1.807) is 0 Å². The number of hydrogen-bond acceptors (Lipinski definition) is 4. The fourth-order valence-electron chi connectivity index (χ4n) is 3.94. The van der Waals surface area contributed by atoms with Crippen LogP contribution < -0.4 is 4.90 Å². The van der Waals surface area contributed by atoms with Gasteiger partial charge in [0.15, 0.2) is 6.04 Å². The molecule has 1 atom stereocenters. The van der Waals surface area contributed by atoms with E-state index in [0.717, 1.165) is 50.5 Å². The number of aromatic nitrogens is 4. The zero-order valence-corrected chi connectivity index (χ0v) is 13.7. The molecule has 4 rings (SSSR count). The summed E-state index contributed by atoms with van der Waals surface area (Å²) in [6.07, 6.45) is 4.73. The molecule has 1 N–H and O–H groups in total. The smallest absolute Gasteiger partial charge is 0.214 e. The number of nitrogens with zero attached hydrogens (tertiary/aromatic N) is 4. The fraction of sp³-hybridized carbons (Fsp3) is 0.588. The molecule has 0 unspecified atom stereocenters. The normalized spacial score (nSPS) is 21.2. The highest BCUT2D eigenvalue weighted by atomic mass is 19.1. The lowest BCUT2D eigenvalue weighted by Gasteiger charge is -2.31. The van der Waals surface area contributed by atoms with Crippen molar-refractivity contribution in [2.24, 2.45) is 0 Å². The zero-order chi connectivity index (χ0) is 16.4. The summed E-state index contributed by atoms with van der Waals surface area (Å²) in [5.74, 6) is 0.676. The second kappa shape index (κ2) is 6.94. The van der Waals surface area contributed by atoms with Crippen LogP contribution in [0.4, 0.5) is 4.39 Å². The number of hydrogen-bond donors (Lipinski definition) is 1. The molecule has 0 bridgehead atoms. The van der Waals surface area contributed by atoms with E-state index in [9.17, 15) is 4.39 Å². The Balaban J connectivity index is 1.72. The van der Waals surface area contributed by atoms with Crippen molar-refractivity contribution in [3.63, 3.8) is 0 Å². The second-order valence-corrected chi connectivity index (χ2v) is 6.68. The van der Waals surface area contributed by atoms with Gasteiger partial charge in [0.2, 0.25) is 5.82 Å². The molecule has 24 heavy (non-hydrogen) atoms. The Hall–Kier alpha value is -1.86. The first-order valence-corrected chi connectivity index (χ1v) is 8.78. The molecule has 1 aromatic carbocycles. The highest BCUT2D eigenvalue weighted by Gasteiger charge is 2.35. The first kappa shape index (κ1) is 15.7. The van der Waals surface area contributed by atoms with Crippen molar-refractivity contribution in [1.82, 2.24) is 20.2 Å². The van der Waals surface area contributed by atoms with E-state index in [1.807, 2.05) is 16.8 Å². The average Bonchev–Trinajstić information content (AvgIpc) is 3.29. The molecule has 6 nitrogen and oxygen atoms in total. The van der Waals surface area contributed by atoms with Crippen LogP contribution in [0.3, 0.4) is 0 Å². The number of benzene rings is 1. The summed E-state index contributed by atoms with van der Waals surface area (Å²) in [6.45, 7) is 3.27. The van der Waals surface area contributed by atoms with Gasteiger partial charge in [-0.2, -0.15) is 0 Å². The lowest BCUT2D eigenvalue weighted by molar-refractivity contribution is -0.933. The van der Waals surface area contributed by atoms with Gasteiger partial charge in [-0.3, -0.25) is 0 Å². The molecule has 1 aliphatic heterocycles. The van der Waals surface area contributed by atoms with Gasteiger partial charge in [-0.25, -0.2) is 9.07 Å². The van der Waals surface area contributed by atoms with Gasteiger partial charge in [-0.15, -0.1) is 5.10 Å². The van der Waals surface area contributed by atoms with E-state index in [-0.39, 0.29) is 11.9 Å². The summed E-state index contributed by atoms with van der Waals surface area (Å²) in [4.78, 5) is 1.38. The average molecular weight is 332 g/mol. The van der Waals surface area contributed by atoms with Gasteiger partial charge in [0.05, 0.1) is 19.3 Å². The Morgan fingerprint density at radius 2 is 1.83 bits per heavy atom. The van der Waals surface area contributed by atoms with E-state index >= 15 is 0 Å². The van der Waals surface area contributed by atoms with Gasteiger partial charge >= 0.3 is 0 Å². The SMILES string of the molecule is Fc1ccc([C@H](c2nnnn2C2CCCC2)[NH+]2CCOCC2)cc1. The topological polar surface area (TPSA) is 57.3 Å². The maximum absolute atomic E-state index is 13.4. The number of nitrogens with one attached hydrogen (secondary N) is 1. The molecule has 0 radical (unpaired) electrons. The van der Waals surface area contributed by atoms with Gasteiger partial charge in [0.1, 0.15) is 18.9 Å². The molecule has 128 valence electrons. The first-order chi connectivity index (χ1) is 11.8. The summed E-state index contributed by atoms with van der Waals surface area (Å²) >= 11 is 0. The maximum Gasteiger partial charge on any atom is 0.214 e. The van der Waals surface area contributed by atoms with E-state index in [1.165, 1.54) is 29.9 Å². The number of morpholine rings is 1. The number of rotatable bonds is 4. The highest BCUT2D eigenvalue weighted by Crippen LogP contribution is 2.31. The highest BCUT2D eigenvalue weighted by molar-refractivity contribution is 5.23. The maximum atomic E-state index is 13.4. The lowest BCUT2D eigenvalue weighted by Crippen LogP contribution is -3.14. The van der Waals surface area contributed by atoms with Gasteiger partial charge in [0, 0.05) is 5.56 Å². The van der Waals surface area contributed by atoms with Crippen LogP contribution in [0.5, 0.6) is 0 Å². The van der Waals surface area contributed by atoms with Crippen molar-refractivity contribution in [3.8, 4) is 0 Å². The van der Waals surface area contributed by atoms with E-state index in [0.29, 0.717) is 6.04 Å². The molecule has 1 saturated heterocycles. The van der Waals surface area contributed by atoms with Gasteiger partial charge in [0.25, 0.3) is 0 Å². The lowest BCUT2D eigenvalue weighted by atomic mass is 10.0. The zero-order valence-electron chi connectivity index (χ0n) is 13.7. The van der Waals surface area contributed by atoms with Crippen molar-refractivity contribution in [2.75, 3.05) is 26.3 Å². The van der Waals surface area contributed by atoms with Crippen molar-refractivity contribution < 1.29 is 14.0 Å². The first-order valence-electron chi connectivity index (χ1n) is 8.78. The minimum atomic E-state index is -0.218. The molecule has 1 saturated carbocycles. The van der Waals surface area contributed by atoms with Crippen LogP contribution in [0.25, 0.3) is 0 Å². The van der Waals surface area contributed by atoms with E-state index in [2.05, 4.69) is 15.5 Å².